The van der Waals surface area contributed by atoms with E-state index in [-0.39, 0.29) is 31.0 Å². The molecule has 0 unspecified atom stereocenters. The SMILES string of the molecule is CC[C@@H](C)NC(=O)[C@@H](C)N(Cc1ccccc1Cl)C(=O)COc1cc(C)cc(C)c1C. The molecule has 31 heavy (non-hydrogen) atoms. The lowest BCUT2D eigenvalue weighted by Crippen LogP contribution is -2.50. The van der Waals surface area contributed by atoms with E-state index in [2.05, 4.69) is 11.4 Å². The Labute approximate surface area is 190 Å². The molecule has 168 valence electrons. The Hall–Kier alpha value is -2.53. The Bertz CT molecular complexity index is 929. The number of aryl methyl sites for hydroxylation is 2. The fraction of sp³-hybridized carbons (Fsp3) is 0.440. The zero-order valence-electron chi connectivity index (χ0n) is 19.3. The summed E-state index contributed by atoms with van der Waals surface area (Å²) in [7, 11) is 0. The average Bonchev–Trinajstić information content (AvgIpc) is 2.73. The van der Waals surface area contributed by atoms with Gasteiger partial charge in [-0.25, -0.2) is 0 Å². The molecule has 1 N–H and O–H groups in total. The molecule has 0 fully saturated rings. The van der Waals surface area contributed by atoms with Crippen LogP contribution in [0.1, 0.15) is 49.4 Å². The van der Waals surface area contributed by atoms with E-state index in [4.69, 9.17) is 16.3 Å². The van der Waals surface area contributed by atoms with E-state index in [9.17, 15) is 9.59 Å². The first-order valence-corrected chi connectivity index (χ1v) is 11.1. The Morgan fingerprint density at radius 1 is 1.13 bits per heavy atom. The van der Waals surface area contributed by atoms with E-state index in [0.717, 1.165) is 28.7 Å². The Morgan fingerprint density at radius 3 is 2.45 bits per heavy atom. The van der Waals surface area contributed by atoms with Crippen molar-refractivity contribution in [2.24, 2.45) is 0 Å². The van der Waals surface area contributed by atoms with E-state index in [0.29, 0.717) is 10.8 Å². The van der Waals surface area contributed by atoms with Gasteiger partial charge in [-0.05, 0) is 75.4 Å². The van der Waals surface area contributed by atoms with Gasteiger partial charge in [0.15, 0.2) is 6.61 Å². The van der Waals surface area contributed by atoms with E-state index in [1.165, 1.54) is 4.90 Å². The number of benzene rings is 2. The van der Waals surface area contributed by atoms with E-state index in [1.54, 1.807) is 13.0 Å². The zero-order chi connectivity index (χ0) is 23.1. The lowest BCUT2D eigenvalue weighted by atomic mass is 10.1. The molecule has 0 aromatic heterocycles. The number of hydrogen-bond acceptors (Lipinski definition) is 3. The number of amides is 2. The van der Waals surface area contributed by atoms with Crippen LogP contribution in [0.15, 0.2) is 36.4 Å². The highest BCUT2D eigenvalue weighted by Gasteiger charge is 2.27. The molecule has 2 atom stereocenters. The minimum Gasteiger partial charge on any atom is -0.483 e. The summed E-state index contributed by atoms with van der Waals surface area (Å²) in [5, 5.41) is 3.51. The van der Waals surface area contributed by atoms with Gasteiger partial charge in [0.2, 0.25) is 5.91 Å². The number of rotatable bonds is 9. The molecule has 0 spiro atoms. The second-order valence-corrected chi connectivity index (χ2v) is 8.51. The lowest BCUT2D eigenvalue weighted by Gasteiger charge is -2.30. The second kappa shape index (κ2) is 11.2. The summed E-state index contributed by atoms with van der Waals surface area (Å²) in [6.45, 7) is 11.7. The van der Waals surface area contributed by atoms with Crippen molar-refractivity contribution >= 4 is 23.4 Å². The van der Waals surface area contributed by atoms with Crippen LogP contribution in [0.25, 0.3) is 0 Å². The Balaban J connectivity index is 2.23. The summed E-state index contributed by atoms with van der Waals surface area (Å²) >= 11 is 6.32. The summed E-state index contributed by atoms with van der Waals surface area (Å²) in [4.78, 5) is 27.5. The molecule has 2 aromatic rings. The van der Waals surface area contributed by atoms with Crippen molar-refractivity contribution in [2.75, 3.05) is 6.61 Å². The van der Waals surface area contributed by atoms with Gasteiger partial charge >= 0.3 is 0 Å². The maximum atomic E-state index is 13.2. The van der Waals surface area contributed by atoms with Gasteiger partial charge in [0.25, 0.3) is 5.91 Å². The average molecular weight is 445 g/mol. The van der Waals surface area contributed by atoms with Crippen LogP contribution < -0.4 is 10.1 Å². The van der Waals surface area contributed by atoms with Crippen molar-refractivity contribution in [3.05, 3.63) is 63.7 Å². The standard InChI is InChI=1S/C25H33ClN2O3/c1-7-18(4)27-25(30)20(6)28(14-21-10-8-9-11-22(21)26)24(29)15-31-23-13-16(2)12-17(3)19(23)5/h8-13,18,20H,7,14-15H2,1-6H3,(H,27,30)/t18-,20-/m1/s1. The first kappa shape index (κ1) is 24.7. The molecule has 0 saturated carbocycles. The summed E-state index contributed by atoms with van der Waals surface area (Å²) < 4.78 is 5.89. The highest BCUT2D eigenvalue weighted by atomic mass is 35.5. The molecular weight excluding hydrogens is 412 g/mol. The van der Waals surface area contributed by atoms with Crippen LogP contribution in [0.5, 0.6) is 5.75 Å². The number of nitrogens with one attached hydrogen (secondary N) is 1. The molecule has 0 bridgehead atoms. The normalized spacial score (nSPS) is 12.7. The first-order valence-electron chi connectivity index (χ1n) is 10.7. The largest absolute Gasteiger partial charge is 0.483 e. The Morgan fingerprint density at radius 2 is 1.81 bits per heavy atom. The summed E-state index contributed by atoms with van der Waals surface area (Å²) in [5.41, 5.74) is 3.96. The van der Waals surface area contributed by atoms with Gasteiger partial charge in [-0.15, -0.1) is 0 Å². The topological polar surface area (TPSA) is 58.6 Å². The van der Waals surface area contributed by atoms with Crippen LogP contribution in [0.3, 0.4) is 0 Å². The van der Waals surface area contributed by atoms with Crippen molar-refractivity contribution < 1.29 is 14.3 Å². The van der Waals surface area contributed by atoms with E-state index < -0.39 is 6.04 Å². The van der Waals surface area contributed by atoms with Gasteiger partial charge < -0.3 is 15.0 Å². The van der Waals surface area contributed by atoms with Crippen molar-refractivity contribution in [3.63, 3.8) is 0 Å². The van der Waals surface area contributed by atoms with Crippen LogP contribution >= 0.6 is 11.6 Å². The molecule has 2 amide bonds. The number of carbonyl (C=O) groups is 2. The van der Waals surface area contributed by atoms with Gasteiger partial charge in [-0.1, -0.05) is 42.8 Å². The van der Waals surface area contributed by atoms with Gasteiger partial charge in [0.05, 0.1) is 0 Å². The summed E-state index contributed by atoms with van der Waals surface area (Å²) in [6, 6.07) is 10.7. The first-order chi connectivity index (χ1) is 14.6. The maximum absolute atomic E-state index is 13.2. The van der Waals surface area contributed by atoms with Crippen LogP contribution in [0.4, 0.5) is 0 Å². The van der Waals surface area contributed by atoms with Gasteiger partial charge in [-0.2, -0.15) is 0 Å². The monoisotopic (exact) mass is 444 g/mol. The van der Waals surface area contributed by atoms with Crippen molar-refractivity contribution in [1.29, 1.82) is 0 Å². The molecule has 0 aliphatic carbocycles. The molecule has 0 aliphatic heterocycles. The highest BCUT2D eigenvalue weighted by molar-refractivity contribution is 6.31. The molecule has 0 saturated heterocycles. The minimum atomic E-state index is -0.665. The number of nitrogens with zero attached hydrogens (tertiary/aromatic N) is 1. The lowest BCUT2D eigenvalue weighted by molar-refractivity contribution is -0.142. The van der Waals surface area contributed by atoms with E-state index in [1.807, 2.05) is 58.9 Å². The summed E-state index contributed by atoms with van der Waals surface area (Å²) in [5.74, 6) is 0.211. The third-order valence-electron chi connectivity index (χ3n) is 5.58. The smallest absolute Gasteiger partial charge is 0.261 e. The van der Waals surface area contributed by atoms with Gasteiger partial charge in [0.1, 0.15) is 11.8 Å². The molecule has 2 aromatic carbocycles. The van der Waals surface area contributed by atoms with Crippen molar-refractivity contribution in [2.45, 2.75) is 66.6 Å². The Kier molecular flexibility index (Phi) is 8.93. The maximum Gasteiger partial charge on any atom is 0.261 e. The number of carbonyl (C=O) groups excluding carboxylic acids is 2. The quantitative estimate of drug-likeness (QED) is 0.593. The molecule has 6 heteroatoms. The fourth-order valence-electron chi connectivity index (χ4n) is 3.23. The summed E-state index contributed by atoms with van der Waals surface area (Å²) in [6.07, 6.45) is 0.812. The fourth-order valence-corrected chi connectivity index (χ4v) is 3.43. The molecule has 5 nitrogen and oxygen atoms in total. The molecule has 2 rings (SSSR count). The number of ether oxygens (including phenoxy) is 1. The van der Waals surface area contributed by atoms with Crippen LogP contribution in [0, 0.1) is 20.8 Å². The van der Waals surface area contributed by atoms with Gasteiger partial charge in [-0.3, -0.25) is 9.59 Å². The molecule has 0 radical (unpaired) electrons. The third kappa shape index (κ3) is 6.73. The highest BCUT2D eigenvalue weighted by Crippen LogP contribution is 2.24. The number of halogens is 1. The predicted molar refractivity (Wildman–Crippen MR) is 126 cm³/mol. The third-order valence-corrected chi connectivity index (χ3v) is 5.95. The number of hydrogen-bond donors (Lipinski definition) is 1. The molecular formula is C25H33ClN2O3. The molecule has 0 aliphatic rings. The zero-order valence-corrected chi connectivity index (χ0v) is 20.0. The van der Waals surface area contributed by atoms with Crippen molar-refractivity contribution in [1.82, 2.24) is 10.2 Å². The van der Waals surface area contributed by atoms with Gasteiger partial charge in [0, 0.05) is 17.6 Å². The second-order valence-electron chi connectivity index (χ2n) is 8.10. The van der Waals surface area contributed by atoms with Crippen LogP contribution in [-0.4, -0.2) is 35.4 Å². The van der Waals surface area contributed by atoms with Crippen LogP contribution in [0.2, 0.25) is 5.02 Å². The van der Waals surface area contributed by atoms with Crippen LogP contribution in [-0.2, 0) is 16.1 Å². The predicted octanol–water partition coefficient (Wildman–Crippen LogP) is 4.98. The van der Waals surface area contributed by atoms with E-state index >= 15 is 0 Å². The van der Waals surface area contributed by atoms with Crippen molar-refractivity contribution in [3.8, 4) is 5.75 Å². The minimum absolute atomic E-state index is 0.0291. The molecule has 0 heterocycles.